The average Bonchev–Trinajstić information content (AvgIpc) is 3.00. The topological polar surface area (TPSA) is 91.0 Å². The highest BCUT2D eigenvalue weighted by Gasteiger charge is 2.48. The van der Waals surface area contributed by atoms with Gasteiger partial charge in [-0.25, -0.2) is 4.79 Å². The molecule has 4 amide bonds. The van der Waals surface area contributed by atoms with E-state index in [0.717, 1.165) is 22.7 Å². The molecule has 2 aromatic carbocycles. The summed E-state index contributed by atoms with van der Waals surface area (Å²) in [6.45, 7) is 2.91. The van der Waals surface area contributed by atoms with Crippen LogP contribution in [0.5, 0.6) is 5.75 Å². The van der Waals surface area contributed by atoms with Gasteiger partial charge in [-0.2, -0.15) is 5.01 Å². The lowest BCUT2D eigenvalue weighted by molar-refractivity contribution is -0.139. The van der Waals surface area contributed by atoms with Crippen LogP contribution in [0, 0.1) is 0 Å². The Morgan fingerprint density at radius 3 is 2.44 bits per heavy atom. The molecule has 1 unspecified atom stereocenters. The van der Waals surface area contributed by atoms with Gasteiger partial charge < -0.3 is 10.1 Å². The largest absolute Gasteiger partial charge is 0.494 e. The van der Waals surface area contributed by atoms with E-state index >= 15 is 0 Å². The molecule has 3 rings (SSSR count). The molecule has 170 valence electrons. The van der Waals surface area contributed by atoms with Gasteiger partial charge in [-0.05, 0) is 50.9 Å². The number of rotatable bonds is 11. The molecule has 8 heteroatoms. The van der Waals surface area contributed by atoms with Gasteiger partial charge in [0.15, 0.2) is 0 Å². The summed E-state index contributed by atoms with van der Waals surface area (Å²) in [5, 5.41) is 3.50. The molecule has 1 aliphatic rings. The second kappa shape index (κ2) is 10.8. The van der Waals surface area contributed by atoms with Crippen LogP contribution in [-0.4, -0.2) is 60.0 Å². The van der Waals surface area contributed by atoms with Crippen molar-refractivity contribution in [2.75, 3.05) is 26.7 Å². The minimum Gasteiger partial charge on any atom is -0.494 e. The molecule has 0 aliphatic carbocycles. The van der Waals surface area contributed by atoms with E-state index < -0.39 is 23.4 Å². The third kappa shape index (κ3) is 6.31. The summed E-state index contributed by atoms with van der Waals surface area (Å²) in [4.78, 5) is 39.4. The number of imide groups is 1. The van der Waals surface area contributed by atoms with Crippen LogP contribution in [0.3, 0.4) is 0 Å². The first kappa shape index (κ1) is 23.3. The molecule has 8 nitrogen and oxygen atoms in total. The second-order valence-electron chi connectivity index (χ2n) is 8.18. The van der Waals surface area contributed by atoms with Crippen LogP contribution in [0.15, 0.2) is 60.7 Å². The molecule has 0 saturated carbocycles. The van der Waals surface area contributed by atoms with Gasteiger partial charge in [0.25, 0.3) is 11.8 Å². The molecule has 2 N–H and O–H groups in total. The number of amides is 4. The molecular weight excluding hydrogens is 408 g/mol. The first-order chi connectivity index (χ1) is 15.4. The van der Waals surface area contributed by atoms with E-state index in [4.69, 9.17) is 4.74 Å². The zero-order valence-electron chi connectivity index (χ0n) is 18.5. The number of hydrogen-bond acceptors (Lipinski definition) is 5. The van der Waals surface area contributed by atoms with Crippen LogP contribution in [0.4, 0.5) is 4.79 Å². The minimum atomic E-state index is -1.05. The van der Waals surface area contributed by atoms with Gasteiger partial charge in [-0.15, -0.1) is 0 Å². The fraction of sp³-hybridized carbons (Fsp3) is 0.375. The minimum absolute atomic E-state index is 0.0587. The normalized spacial score (nSPS) is 18.0. The van der Waals surface area contributed by atoms with Gasteiger partial charge >= 0.3 is 6.03 Å². The van der Waals surface area contributed by atoms with Crippen molar-refractivity contribution in [3.8, 4) is 5.75 Å². The first-order valence-electron chi connectivity index (χ1n) is 10.7. The van der Waals surface area contributed by atoms with E-state index in [1.165, 1.54) is 0 Å². The Morgan fingerprint density at radius 1 is 1.09 bits per heavy atom. The molecule has 0 spiro atoms. The number of benzene rings is 2. The molecule has 0 aromatic heterocycles. The Balaban J connectivity index is 1.41. The Morgan fingerprint density at radius 2 is 1.75 bits per heavy atom. The molecule has 0 radical (unpaired) electrons. The van der Waals surface area contributed by atoms with Gasteiger partial charge in [0.1, 0.15) is 11.3 Å². The first-order valence-corrected chi connectivity index (χ1v) is 10.7. The lowest BCUT2D eigenvalue weighted by atomic mass is 9.93. The van der Waals surface area contributed by atoms with Crippen LogP contribution < -0.4 is 15.5 Å². The third-order valence-corrected chi connectivity index (χ3v) is 5.36. The Labute approximate surface area is 188 Å². The Kier molecular flexibility index (Phi) is 7.83. The van der Waals surface area contributed by atoms with Crippen molar-refractivity contribution in [3.63, 3.8) is 0 Å². The summed E-state index contributed by atoms with van der Waals surface area (Å²) >= 11 is 0. The highest BCUT2D eigenvalue weighted by Crippen LogP contribution is 2.22. The van der Waals surface area contributed by atoms with E-state index in [2.05, 4.69) is 10.7 Å². The van der Waals surface area contributed by atoms with Crippen LogP contribution in [-0.2, 0) is 16.0 Å². The SMILES string of the molecule is CN(CCCOc1ccccc1)CC(=O)NN1C(=O)NC(C)(CCc2ccccc2)C1=O. The fourth-order valence-corrected chi connectivity index (χ4v) is 3.52. The van der Waals surface area contributed by atoms with Gasteiger partial charge in [-0.3, -0.25) is 19.9 Å². The molecule has 0 bridgehead atoms. The zero-order chi connectivity index (χ0) is 23.0. The average molecular weight is 439 g/mol. The fourth-order valence-electron chi connectivity index (χ4n) is 3.52. The predicted molar refractivity (Wildman–Crippen MR) is 121 cm³/mol. The maximum atomic E-state index is 12.8. The maximum Gasteiger partial charge on any atom is 0.344 e. The lowest BCUT2D eigenvalue weighted by Crippen LogP contribution is -2.51. The number of likely N-dealkylation sites (N-methyl/N-ethyl adjacent to an activating group) is 1. The smallest absolute Gasteiger partial charge is 0.344 e. The van der Waals surface area contributed by atoms with Crippen LogP contribution >= 0.6 is 0 Å². The van der Waals surface area contributed by atoms with E-state index in [1.807, 2.05) is 65.6 Å². The van der Waals surface area contributed by atoms with Crippen molar-refractivity contribution >= 4 is 17.8 Å². The number of carbonyl (C=O) groups is 3. The van der Waals surface area contributed by atoms with Crippen molar-refractivity contribution in [2.24, 2.45) is 0 Å². The second-order valence-corrected chi connectivity index (χ2v) is 8.18. The Hall–Kier alpha value is -3.39. The van der Waals surface area contributed by atoms with Crippen LogP contribution in [0.1, 0.15) is 25.3 Å². The zero-order valence-corrected chi connectivity index (χ0v) is 18.5. The monoisotopic (exact) mass is 438 g/mol. The summed E-state index contributed by atoms with van der Waals surface area (Å²) in [5.74, 6) is -0.0697. The van der Waals surface area contributed by atoms with Gasteiger partial charge in [0.05, 0.1) is 13.2 Å². The lowest BCUT2D eigenvalue weighted by Gasteiger charge is -2.22. The maximum absolute atomic E-state index is 12.8. The third-order valence-electron chi connectivity index (χ3n) is 5.36. The van der Waals surface area contributed by atoms with Crippen molar-refractivity contribution in [1.82, 2.24) is 20.7 Å². The van der Waals surface area contributed by atoms with Crippen molar-refractivity contribution in [3.05, 3.63) is 66.2 Å². The van der Waals surface area contributed by atoms with E-state index in [9.17, 15) is 14.4 Å². The summed E-state index contributed by atoms with van der Waals surface area (Å²) in [7, 11) is 1.80. The van der Waals surface area contributed by atoms with E-state index in [1.54, 1.807) is 14.0 Å². The van der Waals surface area contributed by atoms with Crippen molar-refractivity contribution < 1.29 is 19.1 Å². The van der Waals surface area contributed by atoms with Gasteiger partial charge in [0, 0.05) is 6.54 Å². The highest BCUT2D eigenvalue weighted by molar-refractivity contribution is 6.07. The highest BCUT2D eigenvalue weighted by atomic mass is 16.5. The van der Waals surface area contributed by atoms with Crippen LogP contribution in [0.25, 0.3) is 0 Å². The number of ether oxygens (including phenoxy) is 1. The van der Waals surface area contributed by atoms with E-state index in [0.29, 0.717) is 26.0 Å². The molecule has 2 aromatic rings. The number of hydrogen-bond donors (Lipinski definition) is 2. The summed E-state index contributed by atoms with van der Waals surface area (Å²) < 4.78 is 5.64. The number of aryl methyl sites for hydroxylation is 1. The molecule has 1 heterocycles. The number of nitrogens with zero attached hydrogens (tertiary/aromatic N) is 2. The number of para-hydroxylation sites is 1. The standard InChI is InChI=1S/C24H30N4O4/c1-24(15-14-19-10-5-3-6-11-19)22(30)28(23(31)25-24)26-21(29)18-27(2)16-9-17-32-20-12-7-4-8-13-20/h3-8,10-13H,9,14-18H2,1-2H3,(H,25,31)(H,26,29). The molecule has 1 saturated heterocycles. The Bertz CT molecular complexity index is 922. The molecule has 1 aliphatic heterocycles. The molecular formula is C24H30N4O4. The summed E-state index contributed by atoms with van der Waals surface area (Å²) in [5.41, 5.74) is 2.46. The summed E-state index contributed by atoms with van der Waals surface area (Å²) in [6.07, 6.45) is 1.81. The molecule has 1 atom stereocenters. The number of urea groups is 1. The number of hydrazine groups is 1. The molecule has 32 heavy (non-hydrogen) atoms. The van der Waals surface area contributed by atoms with Crippen molar-refractivity contribution in [1.29, 1.82) is 0 Å². The van der Waals surface area contributed by atoms with Crippen molar-refractivity contribution in [2.45, 2.75) is 31.7 Å². The number of nitrogens with one attached hydrogen (secondary N) is 2. The molecule has 1 fully saturated rings. The van der Waals surface area contributed by atoms with Crippen LogP contribution in [0.2, 0.25) is 0 Å². The van der Waals surface area contributed by atoms with E-state index in [-0.39, 0.29) is 6.54 Å². The quantitative estimate of drug-likeness (QED) is 0.415. The summed E-state index contributed by atoms with van der Waals surface area (Å²) in [6, 6.07) is 18.7. The van der Waals surface area contributed by atoms with Gasteiger partial charge in [0.2, 0.25) is 0 Å². The number of carbonyl (C=O) groups excluding carboxylic acids is 3. The van der Waals surface area contributed by atoms with Gasteiger partial charge in [-0.1, -0.05) is 48.5 Å². The predicted octanol–water partition coefficient (Wildman–Crippen LogP) is 2.36.